The Morgan fingerprint density at radius 2 is 1.86 bits per heavy atom. The molecule has 0 spiro atoms. The molecule has 0 saturated heterocycles. The molecule has 3 rings (SSSR count). The molecule has 29 heavy (non-hydrogen) atoms. The first-order valence-electron chi connectivity index (χ1n) is 8.04. The largest absolute Gasteiger partial charge is 0.461 e. The second-order valence-corrected chi connectivity index (χ2v) is 5.69. The number of benzene rings is 2. The summed E-state index contributed by atoms with van der Waals surface area (Å²) in [5, 5.41) is 13.7. The van der Waals surface area contributed by atoms with Crippen molar-refractivity contribution in [3.05, 3.63) is 70.9 Å². The number of non-ortho nitro benzene ring substituents is 1. The number of rotatable bonds is 7. The number of aromatic nitrogens is 2. The zero-order chi connectivity index (χ0) is 21.0. The minimum Gasteiger partial charge on any atom is -0.428 e. The van der Waals surface area contributed by atoms with Crippen molar-refractivity contribution in [2.24, 2.45) is 0 Å². The van der Waals surface area contributed by atoms with Gasteiger partial charge in [-0.1, -0.05) is 18.2 Å². The van der Waals surface area contributed by atoms with E-state index >= 15 is 0 Å². The van der Waals surface area contributed by atoms with E-state index in [1.807, 2.05) is 0 Å². The monoisotopic (exact) mass is 408 g/mol. The van der Waals surface area contributed by atoms with Gasteiger partial charge in [0.2, 0.25) is 5.95 Å². The maximum Gasteiger partial charge on any atom is 0.461 e. The normalized spacial score (nSPS) is 11.3. The quantitative estimate of drug-likeness (QED) is 0.335. The average Bonchev–Trinajstić information content (AvgIpc) is 2.68. The van der Waals surface area contributed by atoms with Crippen LogP contribution in [0.5, 0.6) is 5.75 Å². The van der Waals surface area contributed by atoms with Gasteiger partial charge in [-0.3, -0.25) is 10.1 Å². The number of hydrogen-bond acceptors (Lipinski definition) is 6. The molecule has 0 amide bonds. The van der Waals surface area contributed by atoms with Crippen LogP contribution in [-0.4, -0.2) is 27.4 Å². The van der Waals surface area contributed by atoms with Crippen molar-refractivity contribution in [1.29, 1.82) is 0 Å². The van der Waals surface area contributed by atoms with Crippen LogP contribution in [0.15, 0.2) is 60.8 Å². The lowest BCUT2D eigenvalue weighted by Crippen LogP contribution is -2.33. The molecule has 0 fully saturated rings. The van der Waals surface area contributed by atoms with Gasteiger partial charge in [0.05, 0.1) is 10.6 Å². The lowest BCUT2D eigenvalue weighted by atomic mass is 10.1. The molecule has 3 aromatic rings. The van der Waals surface area contributed by atoms with Crippen LogP contribution >= 0.6 is 0 Å². The smallest absolute Gasteiger partial charge is 0.428 e. The third-order valence-corrected chi connectivity index (χ3v) is 3.61. The number of ether oxygens (including phenoxy) is 1. The van der Waals surface area contributed by atoms with Crippen molar-refractivity contribution >= 4 is 17.3 Å². The van der Waals surface area contributed by atoms with E-state index in [1.165, 1.54) is 42.6 Å². The number of nitrogens with one attached hydrogen (secondary N) is 1. The van der Waals surface area contributed by atoms with Crippen LogP contribution in [0.3, 0.4) is 0 Å². The third-order valence-electron chi connectivity index (χ3n) is 3.61. The molecule has 0 unspecified atom stereocenters. The van der Waals surface area contributed by atoms with Crippen LogP contribution in [-0.2, 0) is 0 Å². The van der Waals surface area contributed by atoms with Crippen LogP contribution in [0.25, 0.3) is 11.3 Å². The number of nitro groups is 1. The maximum absolute atomic E-state index is 13.1. The highest BCUT2D eigenvalue weighted by atomic mass is 19.3. The van der Waals surface area contributed by atoms with Crippen LogP contribution in [0.2, 0.25) is 0 Å². The van der Waals surface area contributed by atoms with Crippen LogP contribution in [0.1, 0.15) is 0 Å². The molecule has 0 radical (unpaired) electrons. The summed E-state index contributed by atoms with van der Waals surface area (Å²) in [5.74, 6) is -0.415. The highest BCUT2D eigenvalue weighted by molar-refractivity contribution is 5.64. The first kappa shape index (κ1) is 20.0. The van der Waals surface area contributed by atoms with Crippen molar-refractivity contribution in [3.63, 3.8) is 0 Å². The van der Waals surface area contributed by atoms with E-state index in [0.29, 0.717) is 11.3 Å². The fourth-order valence-corrected chi connectivity index (χ4v) is 2.33. The van der Waals surface area contributed by atoms with E-state index in [0.717, 1.165) is 12.1 Å². The lowest BCUT2D eigenvalue weighted by Gasteiger charge is -2.17. The van der Waals surface area contributed by atoms with Gasteiger partial charge in [-0.25, -0.2) is 9.97 Å². The number of hydrogen-bond donors (Lipinski definition) is 1. The molecule has 0 bridgehead atoms. The van der Waals surface area contributed by atoms with Crippen LogP contribution in [0.4, 0.5) is 34.9 Å². The van der Waals surface area contributed by atoms with Gasteiger partial charge in [0.1, 0.15) is 5.75 Å². The van der Waals surface area contributed by atoms with Crippen molar-refractivity contribution in [3.8, 4) is 17.0 Å². The second-order valence-electron chi connectivity index (χ2n) is 5.69. The summed E-state index contributed by atoms with van der Waals surface area (Å²) < 4.78 is 54.7. The number of nitro benzene ring substituents is 1. The molecule has 2 aromatic carbocycles. The van der Waals surface area contributed by atoms with Crippen LogP contribution in [0, 0.1) is 10.1 Å². The van der Waals surface area contributed by atoms with E-state index in [4.69, 9.17) is 0 Å². The molecule has 1 N–H and O–H groups in total. The molecule has 0 saturated carbocycles. The van der Waals surface area contributed by atoms with Crippen molar-refractivity contribution in [2.45, 2.75) is 12.5 Å². The molecule has 150 valence electrons. The van der Waals surface area contributed by atoms with Gasteiger partial charge in [0.15, 0.2) is 0 Å². The summed E-state index contributed by atoms with van der Waals surface area (Å²) >= 11 is 0. The van der Waals surface area contributed by atoms with Gasteiger partial charge < -0.3 is 10.1 Å². The van der Waals surface area contributed by atoms with Crippen molar-refractivity contribution in [1.82, 2.24) is 9.97 Å². The first-order valence-corrected chi connectivity index (χ1v) is 8.04. The highest BCUT2D eigenvalue weighted by Gasteiger charge is 2.43. The minimum absolute atomic E-state index is 0.0618. The highest BCUT2D eigenvalue weighted by Crippen LogP contribution is 2.29. The Morgan fingerprint density at radius 1 is 1.10 bits per heavy atom. The zero-order valence-electron chi connectivity index (χ0n) is 14.4. The topological polar surface area (TPSA) is 90.2 Å². The molecule has 1 heterocycles. The molecule has 0 aliphatic heterocycles. The summed E-state index contributed by atoms with van der Waals surface area (Å²) in [6, 6.07) is 12.3. The molecular formula is C18H12F4N4O3. The molecule has 0 aliphatic carbocycles. The summed E-state index contributed by atoms with van der Waals surface area (Å²) in [7, 11) is 0. The Balaban J connectivity index is 1.82. The molecule has 7 nitrogen and oxygen atoms in total. The van der Waals surface area contributed by atoms with E-state index in [1.54, 1.807) is 6.07 Å². The predicted octanol–water partition coefficient (Wildman–Crippen LogP) is 5.03. The molecule has 1 aromatic heterocycles. The first-order chi connectivity index (χ1) is 13.7. The van der Waals surface area contributed by atoms with Gasteiger partial charge in [0, 0.05) is 35.6 Å². The fraction of sp³-hybridized carbons (Fsp3) is 0.111. The maximum atomic E-state index is 13.1. The molecule has 0 atom stereocenters. The average molecular weight is 408 g/mol. The van der Waals surface area contributed by atoms with Gasteiger partial charge in [-0.05, 0) is 18.2 Å². The Bertz CT molecular complexity index is 1030. The summed E-state index contributed by atoms with van der Waals surface area (Å²) in [5.41, 5.74) is 0.949. The molecule has 0 aliphatic rings. The van der Waals surface area contributed by atoms with Gasteiger partial charge in [-0.2, -0.15) is 17.6 Å². The van der Waals surface area contributed by atoms with E-state index in [-0.39, 0.29) is 17.3 Å². The Labute approximate surface area is 161 Å². The molecular weight excluding hydrogens is 396 g/mol. The number of alkyl halides is 4. The number of anilines is 2. The third kappa shape index (κ3) is 4.94. The molecule has 11 heteroatoms. The summed E-state index contributed by atoms with van der Waals surface area (Å²) in [6.07, 6.45) is -7.21. The van der Waals surface area contributed by atoms with Crippen LogP contribution < -0.4 is 10.1 Å². The van der Waals surface area contributed by atoms with Gasteiger partial charge in [0.25, 0.3) is 5.69 Å². The van der Waals surface area contributed by atoms with Crippen molar-refractivity contribution < 1.29 is 27.2 Å². The van der Waals surface area contributed by atoms with E-state index in [9.17, 15) is 27.7 Å². The summed E-state index contributed by atoms with van der Waals surface area (Å²) in [6.45, 7) is 0. The van der Waals surface area contributed by atoms with Gasteiger partial charge >= 0.3 is 12.5 Å². The van der Waals surface area contributed by atoms with Crippen molar-refractivity contribution in [2.75, 3.05) is 5.32 Å². The standard InChI is InChI=1S/C18H12F4N4O3/c19-16(20)18(21,22)29-14-6-2-4-12(10-14)24-17-23-8-7-15(25-17)11-3-1-5-13(9-11)26(27)28/h1-10,16H,(H,23,24,25). The zero-order valence-corrected chi connectivity index (χ0v) is 14.4. The van der Waals surface area contributed by atoms with E-state index < -0.39 is 23.2 Å². The Morgan fingerprint density at radius 3 is 2.59 bits per heavy atom. The Kier molecular flexibility index (Phi) is 5.57. The Hall–Kier alpha value is -3.76. The van der Waals surface area contributed by atoms with E-state index in [2.05, 4.69) is 20.0 Å². The van der Waals surface area contributed by atoms with Gasteiger partial charge in [-0.15, -0.1) is 0 Å². The summed E-state index contributed by atoms with van der Waals surface area (Å²) in [4.78, 5) is 18.6. The fourth-order valence-electron chi connectivity index (χ4n) is 2.33. The lowest BCUT2D eigenvalue weighted by molar-refractivity contribution is -0.384. The number of halogens is 4. The second kappa shape index (κ2) is 8.09. The predicted molar refractivity (Wildman–Crippen MR) is 95.4 cm³/mol. The number of nitrogens with zero attached hydrogens (tertiary/aromatic N) is 3. The SMILES string of the molecule is O=[N+]([O-])c1cccc(-c2ccnc(Nc3cccc(OC(F)(F)C(F)F)c3)n2)c1. The minimum atomic E-state index is -4.63.